The van der Waals surface area contributed by atoms with Crippen LogP contribution in [0.5, 0.6) is 0 Å². The summed E-state index contributed by atoms with van der Waals surface area (Å²) in [5.41, 5.74) is 2.44. The highest BCUT2D eigenvalue weighted by Crippen LogP contribution is 2.24. The Hall–Kier alpha value is -3.11. The number of H-pyrrole nitrogens is 1. The summed E-state index contributed by atoms with van der Waals surface area (Å²) in [6.45, 7) is 4.17. The van der Waals surface area contributed by atoms with Crippen molar-refractivity contribution < 1.29 is 4.79 Å². The van der Waals surface area contributed by atoms with Crippen molar-refractivity contribution in [3.8, 4) is 17.3 Å². The van der Waals surface area contributed by atoms with E-state index in [1.807, 2.05) is 31.3 Å². The molecular formula is C18H17ClN6O. The average Bonchev–Trinajstić information content (AvgIpc) is 3.28. The molecule has 0 aliphatic carbocycles. The zero-order valence-electron chi connectivity index (χ0n) is 14.3. The minimum absolute atomic E-state index is 0.0365. The zero-order valence-corrected chi connectivity index (χ0v) is 15.1. The molecule has 26 heavy (non-hydrogen) atoms. The van der Waals surface area contributed by atoms with Crippen molar-refractivity contribution in [1.29, 1.82) is 5.26 Å². The molecule has 3 aromatic rings. The van der Waals surface area contributed by atoms with Gasteiger partial charge in [-0.1, -0.05) is 17.7 Å². The second kappa shape index (κ2) is 7.42. The van der Waals surface area contributed by atoms with Crippen LogP contribution in [0.1, 0.15) is 34.8 Å². The largest absolute Gasteiger partial charge is 0.349 e. The molecule has 8 heteroatoms. The van der Waals surface area contributed by atoms with Crippen molar-refractivity contribution in [2.75, 3.05) is 6.54 Å². The maximum Gasteiger partial charge on any atom is 0.269 e. The number of aromatic amines is 1. The summed E-state index contributed by atoms with van der Waals surface area (Å²) in [6.07, 6.45) is 3.36. The molecule has 0 saturated heterocycles. The minimum Gasteiger partial charge on any atom is -0.349 e. The number of aryl methyl sites for hydroxylation is 1. The van der Waals surface area contributed by atoms with Crippen LogP contribution in [0, 0.1) is 18.3 Å². The van der Waals surface area contributed by atoms with Gasteiger partial charge in [-0.2, -0.15) is 10.4 Å². The van der Waals surface area contributed by atoms with Crippen LogP contribution in [0.3, 0.4) is 0 Å². The summed E-state index contributed by atoms with van der Waals surface area (Å²) in [5.74, 6) is 0.490. The predicted molar refractivity (Wildman–Crippen MR) is 97.8 cm³/mol. The van der Waals surface area contributed by atoms with Gasteiger partial charge in [-0.05, 0) is 32.0 Å². The molecule has 0 saturated carbocycles. The highest BCUT2D eigenvalue weighted by atomic mass is 35.5. The lowest BCUT2D eigenvalue weighted by molar-refractivity contribution is 0.0943. The Balaban J connectivity index is 1.66. The lowest BCUT2D eigenvalue weighted by Crippen LogP contribution is -2.30. The maximum atomic E-state index is 12.1. The summed E-state index contributed by atoms with van der Waals surface area (Å²) in [6, 6.07) is 9.07. The van der Waals surface area contributed by atoms with Crippen LogP contribution >= 0.6 is 11.6 Å². The number of benzene rings is 1. The Labute approximate surface area is 155 Å². The molecule has 0 fully saturated rings. The molecule has 2 aromatic heterocycles. The third-order valence-corrected chi connectivity index (χ3v) is 4.26. The number of carbonyl (C=O) groups excluding carboxylic acids is 1. The van der Waals surface area contributed by atoms with E-state index in [9.17, 15) is 4.79 Å². The molecule has 0 aliphatic rings. The van der Waals surface area contributed by atoms with E-state index >= 15 is 0 Å². The minimum atomic E-state index is -0.205. The van der Waals surface area contributed by atoms with Gasteiger partial charge >= 0.3 is 0 Å². The van der Waals surface area contributed by atoms with Crippen molar-refractivity contribution >= 4 is 17.5 Å². The average molecular weight is 369 g/mol. The number of rotatable bonds is 5. The van der Waals surface area contributed by atoms with Gasteiger partial charge in [-0.25, -0.2) is 4.98 Å². The second-order valence-electron chi connectivity index (χ2n) is 5.93. The van der Waals surface area contributed by atoms with E-state index in [-0.39, 0.29) is 11.9 Å². The number of imidazole rings is 1. The number of aromatic nitrogens is 4. The molecule has 1 atom stereocenters. The molecule has 0 aliphatic heterocycles. The van der Waals surface area contributed by atoms with Crippen LogP contribution in [-0.4, -0.2) is 32.2 Å². The highest BCUT2D eigenvalue weighted by molar-refractivity contribution is 6.32. The van der Waals surface area contributed by atoms with E-state index in [0.717, 1.165) is 11.3 Å². The van der Waals surface area contributed by atoms with Crippen LogP contribution in [-0.2, 0) is 0 Å². The summed E-state index contributed by atoms with van der Waals surface area (Å²) in [5, 5.41) is 16.7. The van der Waals surface area contributed by atoms with E-state index in [0.29, 0.717) is 28.6 Å². The Morgan fingerprint density at radius 3 is 2.92 bits per heavy atom. The molecule has 1 aromatic carbocycles. The van der Waals surface area contributed by atoms with Gasteiger partial charge in [0.05, 0.1) is 28.5 Å². The van der Waals surface area contributed by atoms with Crippen molar-refractivity contribution in [3.05, 3.63) is 58.8 Å². The van der Waals surface area contributed by atoms with E-state index in [1.165, 1.54) is 6.20 Å². The standard InChI is InChI=1S/C18H17ClN6O/c1-11(9-22-18(26)17-10-21-12(2)23-17)25-6-5-16(24-25)13-3-4-14(8-20)15(19)7-13/h3-7,10-11H,9H2,1-2H3,(H,21,23)(H,22,26)/t11-/m0/s1. The highest BCUT2D eigenvalue weighted by Gasteiger charge is 2.13. The first kappa shape index (κ1) is 17.7. The Kier molecular flexibility index (Phi) is 5.05. The fourth-order valence-corrected chi connectivity index (χ4v) is 2.69. The van der Waals surface area contributed by atoms with Crippen LogP contribution in [0.15, 0.2) is 36.7 Å². The molecular weight excluding hydrogens is 352 g/mol. The van der Waals surface area contributed by atoms with Gasteiger partial charge in [0.1, 0.15) is 17.6 Å². The fourth-order valence-electron chi connectivity index (χ4n) is 2.47. The van der Waals surface area contributed by atoms with Crippen molar-refractivity contribution in [2.24, 2.45) is 0 Å². The number of nitrogens with one attached hydrogen (secondary N) is 2. The van der Waals surface area contributed by atoms with Gasteiger partial charge in [-0.3, -0.25) is 9.48 Å². The first-order valence-electron chi connectivity index (χ1n) is 8.03. The predicted octanol–water partition coefficient (Wildman–Crippen LogP) is 3.10. The number of nitrogens with zero attached hydrogens (tertiary/aromatic N) is 4. The van der Waals surface area contributed by atoms with Gasteiger partial charge in [0.15, 0.2) is 0 Å². The van der Waals surface area contributed by atoms with E-state index in [2.05, 4.69) is 20.4 Å². The lowest BCUT2D eigenvalue weighted by atomic mass is 10.1. The number of hydrogen-bond donors (Lipinski definition) is 2. The van der Waals surface area contributed by atoms with E-state index in [4.69, 9.17) is 16.9 Å². The monoisotopic (exact) mass is 368 g/mol. The summed E-state index contributed by atoms with van der Waals surface area (Å²) < 4.78 is 1.78. The normalized spacial score (nSPS) is 11.8. The molecule has 0 bridgehead atoms. The summed E-state index contributed by atoms with van der Waals surface area (Å²) in [4.78, 5) is 19.0. The molecule has 0 unspecified atom stereocenters. The molecule has 3 rings (SSSR count). The summed E-state index contributed by atoms with van der Waals surface area (Å²) in [7, 11) is 0. The summed E-state index contributed by atoms with van der Waals surface area (Å²) >= 11 is 6.08. The Morgan fingerprint density at radius 2 is 2.27 bits per heavy atom. The molecule has 2 N–H and O–H groups in total. The number of carbonyl (C=O) groups is 1. The fraction of sp³-hybridized carbons (Fsp3) is 0.222. The molecule has 0 radical (unpaired) electrons. The van der Waals surface area contributed by atoms with Crippen LogP contribution in [0.2, 0.25) is 5.02 Å². The number of amides is 1. The van der Waals surface area contributed by atoms with Gasteiger partial charge in [0, 0.05) is 18.3 Å². The maximum absolute atomic E-state index is 12.1. The van der Waals surface area contributed by atoms with Gasteiger partial charge in [-0.15, -0.1) is 0 Å². The van der Waals surface area contributed by atoms with Gasteiger partial charge in [0.25, 0.3) is 5.91 Å². The molecule has 2 heterocycles. The van der Waals surface area contributed by atoms with E-state index in [1.54, 1.807) is 23.7 Å². The molecule has 0 spiro atoms. The third-order valence-electron chi connectivity index (χ3n) is 3.95. The smallest absolute Gasteiger partial charge is 0.269 e. The SMILES string of the molecule is Cc1ncc(C(=O)NC[C@H](C)n2ccc(-c3ccc(C#N)c(Cl)c3)n2)[nH]1. The lowest BCUT2D eigenvalue weighted by Gasteiger charge is -2.13. The van der Waals surface area contributed by atoms with Crippen LogP contribution in [0.4, 0.5) is 0 Å². The number of nitriles is 1. The zero-order chi connectivity index (χ0) is 18.7. The van der Waals surface area contributed by atoms with Crippen LogP contribution < -0.4 is 5.32 Å². The number of halogens is 1. The van der Waals surface area contributed by atoms with Crippen molar-refractivity contribution in [1.82, 2.24) is 25.1 Å². The first-order valence-corrected chi connectivity index (χ1v) is 8.40. The first-order chi connectivity index (χ1) is 12.5. The quantitative estimate of drug-likeness (QED) is 0.722. The van der Waals surface area contributed by atoms with Gasteiger partial charge in [0.2, 0.25) is 0 Å². The number of hydrogen-bond acceptors (Lipinski definition) is 4. The van der Waals surface area contributed by atoms with Gasteiger partial charge < -0.3 is 10.3 Å². The Bertz CT molecular complexity index is 984. The molecule has 1 amide bonds. The van der Waals surface area contributed by atoms with E-state index < -0.39 is 0 Å². The van der Waals surface area contributed by atoms with Crippen molar-refractivity contribution in [2.45, 2.75) is 19.9 Å². The second-order valence-corrected chi connectivity index (χ2v) is 6.34. The Morgan fingerprint density at radius 1 is 1.46 bits per heavy atom. The van der Waals surface area contributed by atoms with Crippen molar-refractivity contribution in [3.63, 3.8) is 0 Å². The third kappa shape index (κ3) is 3.76. The topological polar surface area (TPSA) is 99.4 Å². The molecule has 7 nitrogen and oxygen atoms in total. The molecule has 132 valence electrons. The van der Waals surface area contributed by atoms with Crippen LogP contribution in [0.25, 0.3) is 11.3 Å².